The highest BCUT2D eigenvalue weighted by Crippen LogP contribution is 2.24. The van der Waals surface area contributed by atoms with Gasteiger partial charge in [-0.05, 0) is 40.8 Å². The minimum Gasteiger partial charge on any atom is -0.320 e. The number of hydrogen-bond acceptors (Lipinski definition) is 2. The van der Waals surface area contributed by atoms with E-state index in [9.17, 15) is 0 Å². The fourth-order valence-electron chi connectivity index (χ4n) is 2.57. The van der Waals surface area contributed by atoms with E-state index in [0.29, 0.717) is 5.92 Å². The number of nitrogens with zero attached hydrogens (tertiary/aromatic N) is 1. The monoisotopic (exact) mass is 276 g/mol. The van der Waals surface area contributed by atoms with Gasteiger partial charge in [0.25, 0.3) is 0 Å². The fraction of sp³-hybridized carbons (Fsp3) is 0.211. The highest BCUT2D eigenvalue weighted by Gasteiger charge is 2.10. The second-order valence-electron chi connectivity index (χ2n) is 5.75. The largest absolute Gasteiger partial charge is 0.320 e. The Bertz CT molecular complexity index is 745. The second kappa shape index (κ2) is 5.66. The van der Waals surface area contributed by atoms with Crippen LogP contribution in [0.3, 0.4) is 0 Å². The first kappa shape index (κ1) is 13.8. The normalized spacial score (nSPS) is 12.8. The van der Waals surface area contributed by atoms with Crippen molar-refractivity contribution in [2.24, 2.45) is 5.73 Å². The zero-order valence-electron chi connectivity index (χ0n) is 12.5. The van der Waals surface area contributed by atoms with Gasteiger partial charge in [0, 0.05) is 11.6 Å². The van der Waals surface area contributed by atoms with E-state index < -0.39 is 0 Å². The van der Waals surface area contributed by atoms with Gasteiger partial charge in [0.05, 0.1) is 11.6 Å². The van der Waals surface area contributed by atoms with Gasteiger partial charge in [0.15, 0.2) is 0 Å². The number of benzene rings is 2. The van der Waals surface area contributed by atoms with E-state index in [1.54, 1.807) is 0 Å². The van der Waals surface area contributed by atoms with Crippen LogP contribution in [0.2, 0.25) is 0 Å². The predicted molar refractivity (Wildman–Crippen MR) is 88.3 cm³/mol. The van der Waals surface area contributed by atoms with Crippen LogP contribution in [0.15, 0.2) is 60.8 Å². The summed E-state index contributed by atoms with van der Waals surface area (Å²) in [6, 6.07) is 18.8. The maximum Gasteiger partial charge on any atom is 0.0702 e. The summed E-state index contributed by atoms with van der Waals surface area (Å²) in [7, 11) is 0. The van der Waals surface area contributed by atoms with Gasteiger partial charge in [-0.25, -0.2) is 0 Å². The number of fused-ring (bicyclic) bond motifs is 1. The van der Waals surface area contributed by atoms with Crippen molar-refractivity contribution in [3.05, 3.63) is 77.5 Å². The Morgan fingerprint density at radius 1 is 0.857 bits per heavy atom. The SMILES string of the molecule is CC(C)c1ccc(C(N)c2ccc3ncccc3c2)cc1. The lowest BCUT2D eigenvalue weighted by molar-refractivity contribution is 0.848. The van der Waals surface area contributed by atoms with E-state index in [0.717, 1.165) is 22.0 Å². The number of aromatic nitrogens is 1. The van der Waals surface area contributed by atoms with E-state index in [2.05, 4.69) is 61.3 Å². The van der Waals surface area contributed by atoms with Gasteiger partial charge in [-0.2, -0.15) is 0 Å². The Hall–Kier alpha value is -2.19. The van der Waals surface area contributed by atoms with Crippen molar-refractivity contribution in [2.75, 3.05) is 0 Å². The lowest BCUT2D eigenvalue weighted by Crippen LogP contribution is -2.11. The zero-order chi connectivity index (χ0) is 14.8. The number of nitrogens with two attached hydrogens (primary N) is 1. The first-order valence-electron chi connectivity index (χ1n) is 7.35. The van der Waals surface area contributed by atoms with Crippen LogP contribution in [0.25, 0.3) is 10.9 Å². The average Bonchev–Trinajstić information content (AvgIpc) is 2.54. The first-order chi connectivity index (χ1) is 10.1. The maximum absolute atomic E-state index is 6.41. The van der Waals surface area contributed by atoms with Gasteiger partial charge in [-0.3, -0.25) is 4.98 Å². The van der Waals surface area contributed by atoms with Crippen molar-refractivity contribution in [1.82, 2.24) is 4.98 Å². The molecule has 0 saturated heterocycles. The van der Waals surface area contributed by atoms with Crippen molar-refractivity contribution in [2.45, 2.75) is 25.8 Å². The number of rotatable bonds is 3. The van der Waals surface area contributed by atoms with Crippen molar-refractivity contribution in [1.29, 1.82) is 0 Å². The molecule has 1 aromatic heterocycles. The standard InChI is InChI=1S/C19H20N2/c1-13(2)14-5-7-15(8-6-14)19(20)17-9-10-18-16(12-17)4-3-11-21-18/h3-13,19H,20H2,1-2H3. The Labute approximate surface area is 125 Å². The smallest absolute Gasteiger partial charge is 0.0702 e. The average molecular weight is 276 g/mol. The quantitative estimate of drug-likeness (QED) is 0.769. The van der Waals surface area contributed by atoms with Gasteiger partial charge in [-0.1, -0.05) is 50.2 Å². The minimum atomic E-state index is -0.101. The van der Waals surface area contributed by atoms with Crippen LogP contribution >= 0.6 is 0 Å². The number of pyridine rings is 1. The van der Waals surface area contributed by atoms with Crippen LogP contribution in [-0.2, 0) is 0 Å². The Kier molecular flexibility index (Phi) is 3.72. The zero-order valence-corrected chi connectivity index (χ0v) is 12.5. The molecule has 3 rings (SSSR count). The summed E-state index contributed by atoms with van der Waals surface area (Å²) in [5, 5.41) is 1.13. The van der Waals surface area contributed by atoms with Gasteiger partial charge >= 0.3 is 0 Å². The highest BCUT2D eigenvalue weighted by atomic mass is 14.7. The molecule has 0 bridgehead atoms. The Balaban J connectivity index is 1.93. The molecular weight excluding hydrogens is 256 g/mol. The summed E-state index contributed by atoms with van der Waals surface area (Å²) in [6.07, 6.45) is 1.81. The summed E-state index contributed by atoms with van der Waals surface area (Å²) in [5.41, 5.74) is 11.0. The molecule has 0 amide bonds. The molecular formula is C19H20N2. The maximum atomic E-state index is 6.41. The molecule has 0 spiro atoms. The molecule has 2 N–H and O–H groups in total. The molecule has 0 fully saturated rings. The molecule has 2 nitrogen and oxygen atoms in total. The molecule has 0 saturated carbocycles. The number of hydrogen-bond donors (Lipinski definition) is 1. The summed E-state index contributed by atoms with van der Waals surface area (Å²) >= 11 is 0. The van der Waals surface area contributed by atoms with E-state index >= 15 is 0 Å². The van der Waals surface area contributed by atoms with Crippen LogP contribution in [0, 0.1) is 0 Å². The van der Waals surface area contributed by atoms with Crippen molar-refractivity contribution < 1.29 is 0 Å². The molecule has 0 radical (unpaired) electrons. The fourth-order valence-corrected chi connectivity index (χ4v) is 2.57. The first-order valence-corrected chi connectivity index (χ1v) is 7.35. The Morgan fingerprint density at radius 3 is 2.24 bits per heavy atom. The van der Waals surface area contributed by atoms with Crippen LogP contribution in [0.5, 0.6) is 0 Å². The molecule has 0 aliphatic rings. The third-order valence-electron chi connectivity index (χ3n) is 3.95. The van der Waals surface area contributed by atoms with E-state index in [4.69, 9.17) is 5.73 Å². The van der Waals surface area contributed by atoms with Gasteiger partial charge in [0.1, 0.15) is 0 Å². The minimum absolute atomic E-state index is 0.101. The summed E-state index contributed by atoms with van der Waals surface area (Å²) in [5.74, 6) is 0.544. The summed E-state index contributed by atoms with van der Waals surface area (Å²) in [6.45, 7) is 4.40. The molecule has 1 atom stereocenters. The van der Waals surface area contributed by atoms with E-state index in [1.165, 1.54) is 5.56 Å². The molecule has 2 aromatic carbocycles. The predicted octanol–water partition coefficient (Wildman–Crippen LogP) is 4.41. The topological polar surface area (TPSA) is 38.9 Å². The van der Waals surface area contributed by atoms with Gasteiger partial charge in [-0.15, -0.1) is 0 Å². The lowest BCUT2D eigenvalue weighted by atomic mass is 9.95. The van der Waals surface area contributed by atoms with E-state index in [-0.39, 0.29) is 6.04 Å². The summed E-state index contributed by atoms with van der Waals surface area (Å²) in [4.78, 5) is 4.34. The molecule has 106 valence electrons. The molecule has 0 aliphatic carbocycles. The van der Waals surface area contributed by atoms with Crippen molar-refractivity contribution in [3.63, 3.8) is 0 Å². The second-order valence-corrected chi connectivity index (χ2v) is 5.75. The van der Waals surface area contributed by atoms with Crippen LogP contribution in [0.1, 0.15) is 42.5 Å². The molecule has 2 heteroatoms. The van der Waals surface area contributed by atoms with Crippen LogP contribution in [-0.4, -0.2) is 4.98 Å². The highest BCUT2D eigenvalue weighted by molar-refractivity contribution is 5.79. The Morgan fingerprint density at radius 2 is 1.52 bits per heavy atom. The van der Waals surface area contributed by atoms with Gasteiger partial charge < -0.3 is 5.73 Å². The molecule has 3 aromatic rings. The molecule has 1 heterocycles. The molecule has 1 unspecified atom stereocenters. The third-order valence-corrected chi connectivity index (χ3v) is 3.95. The van der Waals surface area contributed by atoms with Crippen molar-refractivity contribution >= 4 is 10.9 Å². The molecule has 21 heavy (non-hydrogen) atoms. The lowest BCUT2D eigenvalue weighted by Gasteiger charge is -2.14. The van der Waals surface area contributed by atoms with Crippen LogP contribution in [0.4, 0.5) is 0 Å². The summed E-state index contributed by atoms with van der Waals surface area (Å²) < 4.78 is 0. The van der Waals surface area contributed by atoms with Crippen molar-refractivity contribution in [3.8, 4) is 0 Å². The van der Waals surface area contributed by atoms with Crippen LogP contribution < -0.4 is 5.73 Å². The molecule has 0 aliphatic heterocycles. The van der Waals surface area contributed by atoms with Gasteiger partial charge in [0.2, 0.25) is 0 Å². The third kappa shape index (κ3) is 2.81. The van der Waals surface area contributed by atoms with E-state index in [1.807, 2.05) is 18.3 Å².